The van der Waals surface area contributed by atoms with Crippen LogP contribution >= 0.6 is 11.6 Å². The molecule has 2 aromatic carbocycles. The van der Waals surface area contributed by atoms with Crippen LogP contribution in [0.2, 0.25) is 5.02 Å². The van der Waals surface area contributed by atoms with Crippen molar-refractivity contribution in [1.29, 1.82) is 0 Å². The number of urea groups is 1. The summed E-state index contributed by atoms with van der Waals surface area (Å²) >= 11 is 6.07. The van der Waals surface area contributed by atoms with Crippen molar-refractivity contribution in [3.05, 3.63) is 47.5 Å². The van der Waals surface area contributed by atoms with Gasteiger partial charge in [0.2, 0.25) is 0 Å². The zero-order valence-corrected chi connectivity index (χ0v) is 15.8. The Hall–Kier alpha value is -2.40. The molecule has 2 N–H and O–H groups in total. The van der Waals surface area contributed by atoms with E-state index in [1.807, 2.05) is 12.1 Å². The fourth-order valence-electron chi connectivity index (χ4n) is 3.06. The van der Waals surface area contributed by atoms with Crippen LogP contribution in [0.1, 0.15) is 19.8 Å². The van der Waals surface area contributed by atoms with E-state index in [-0.39, 0.29) is 6.03 Å². The monoisotopic (exact) mass is 373 g/mol. The van der Waals surface area contributed by atoms with Crippen LogP contribution in [0.4, 0.5) is 21.9 Å². The summed E-state index contributed by atoms with van der Waals surface area (Å²) in [6.07, 6.45) is 2.46. The maximum atomic E-state index is 12.2. The molecule has 138 valence electrons. The highest BCUT2D eigenvalue weighted by atomic mass is 35.5. The van der Waals surface area contributed by atoms with Crippen LogP contribution in [0.15, 0.2) is 42.5 Å². The van der Waals surface area contributed by atoms with E-state index in [1.54, 1.807) is 25.3 Å². The first-order valence-corrected chi connectivity index (χ1v) is 9.19. The van der Waals surface area contributed by atoms with Crippen molar-refractivity contribution in [2.75, 3.05) is 35.7 Å². The second-order valence-electron chi connectivity index (χ2n) is 6.64. The summed E-state index contributed by atoms with van der Waals surface area (Å²) < 4.78 is 5.10. The number of piperidine rings is 1. The van der Waals surface area contributed by atoms with Crippen molar-refractivity contribution in [3.8, 4) is 5.75 Å². The predicted molar refractivity (Wildman–Crippen MR) is 108 cm³/mol. The lowest BCUT2D eigenvalue weighted by atomic mass is 9.99. The molecular weight excluding hydrogens is 350 g/mol. The molecule has 0 unspecified atom stereocenters. The summed E-state index contributed by atoms with van der Waals surface area (Å²) in [5, 5.41) is 6.05. The molecular formula is C20H24ClN3O2. The topological polar surface area (TPSA) is 53.6 Å². The van der Waals surface area contributed by atoms with Gasteiger partial charge in [0.15, 0.2) is 0 Å². The van der Waals surface area contributed by atoms with Gasteiger partial charge < -0.3 is 20.3 Å². The quantitative estimate of drug-likeness (QED) is 0.771. The number of hydrogen-bond donors (Lipinski definition) is 2. The zero-order valence-electron chi connectivity index (χ0n) is 15.1. The molecule has 2 amide bonds. The van der Waals surface area contributed by atoms with Gasteiger partial charge in [-0.05, 0) is 61.2 Å². The number of amides is 2. The Morgan fingerprint density at radius 1 is 1.08 bits per heavy atom. The number of nitrogens with zero attached hydrogens (tertiary/aromatic N) is 1. The third kappa shape index (κ3) is 4.61. The lowest BCUT2D eigenvalue weighted by Gasteiger charge is -2.32. The van der Waals surface area contributed by atoms with E-state index in [4.69, 9.17) is 16.3 Å². The van der Waals surface area contributed by atoms with Gasteiger partial charge in [0.05, 0.1) is 12.1 Å². The molecule has 0 atom stereocenters. The number of rotatable bonds is 4. The first-order valence-electron chi connectivity index (χ1n) is 8.81. The number of carbonyl (C=O) groups is 1. The highest BCUT2D eigenvalue weighted by Gasteiger charge is 2.16. The number of nitrogens with one attached hydrogen (secondary N) is 2. The molecule has 6 heteroatoms. The molecule has 5 nitrogen and oxygen atoms in total. The number of ether oxygens (including phenoxy) is 1. The second kappa shape index (κ2) is 8.32. The van der Waals surface area contributed by atoms with Crippen LogP contribution in [-0.2, 0) is 0 Å². The smallest absolute Gasteiger partial charge is 0.323 e. The largest absolute Gasteiger partial charge is 0.495 e. The Morgan fingerprint density at radius 3 is 2.31 bits per heavy atom. The van der Waals surface area contributed by atoms with Crippen molar-refractivity contribution in [2.45, 2.75) is 19.8 Å². The van der Waals surface area contributed by atoms with Crippen molar-refractivity contribution in [3.63, 3.8) is 0 Å². The molecule has 3 rings (SSSR count). The Balaban J connectivity index is 1.56. The maximum absolute atomic E-state index is 12.2. The minimum Gasteiger partial charge on any atom is -0.495 e. The van der Waals surface area contributed by atoms with Crippen molar-refractivity contribution in [2.24, 2.45) is 5.92 Å². The van der Waals surface area contributed by atoms with Gasteiger partial charge in [0, 0.05) is 30.2 Å². The summed E-state index contributed by atoms with van der Waals surface area (Å²) in [6, 6.07) is 12.7. The Morgan fingerprint density at radius 2 is 1.69 bits per heavy atom. The van der Waals surface area contributed by atoms with E-state index in [0.717, 1.165) is 24.7 Å². The number of methoxy groups -OCH3 is 1. The van der Waals surface area contributed by atoms with E-state index in [9.17, 15) is 4.79 Å². The molecule has 2 aromatic rings. The number of halogens is 1. The van der Waals surface area contributed by atoms with Crippen molar-refractivity contribution in [1.82, 2.24) is 0 Å². The maximum Gasteiger partial charge on any atom is 0.323 e. The first kappa shape index (κ1) is 18.4. The molecule has 1 fully saturated rings. The summed E-state index contributed by atoms with van der Waals surface area (Å²) in [5.74, 6) is 1.38. The molecule has 1 heterocycles. The SMILES string of the molecule is COc1ccc(NC(=O)Nc2ccc(N3CCC(C)CC3)cc2)cc1Cl. The number of carbonyl (C=O) groups excluding carboxylic acids is 1. The Labute approximate surface area is 159 Å². The van der Waals surface area contributed by atoms with Gasteiger partial charge in [-0.2, -0.15) is 0 Å². The average molecular weight is 374 g/mol. The molecule has 0 bridgehead atoms. The first-order chi connectivity index (χ1) is 12.5. The average Bonchev–Trinajstić information content (AvgIpc) is 2.63. The van der Waals surface area contributed by atoms with Gasteiger partial charge in [-0.3, -0.25) is 0 Å². The van der Waals surface area contributed by atoms with Crippen LogP contribution in [0, 0.1) is 5.92 Å². The molecule has 0 aromatic heterocycles. The van der Waals surface area contributed by atoms with Crippen LogP contribution in [-0.4, -0.2) is 26.2 Å². The van der Waals surface area contributed by atoms with Gasteiger partial charge in [-0.1, -0.05) is 18.5 Å². The normalized spacial score (nSPS) is 14.8. The minimum absolute atomic E-state index is 0.314. The molecule has 0 spiro atoms. The van der Waals surface area contributed by atoms with E-state index in [2.05, 4.69) is 34.6 Å². The van der Waals surface area contributed by atoms with Crippen LogP contribution < -0.4 is 20.3 Å². The molecule has 1 aliphatic heterocycles. The van der Waals surface area contributed by atoms with Gasteiger partial charge in [0.25, 0.3) is 0 Å². The molecule has 1 saturated heterocycles. The molecule has 26 heavy (non-hydrogen) atoms. The van der Waals surface area contributed by atoms with E-state index < -0.39 is 0 Å². The summed E-state index contributed by atoms with van der Waals surface area (Å²) in [4.78, 5) is 14.6. The lowest BCUT2D eigenvalue weighted by Crippen LogP contribution is -2.32. The highest BCUT2D eigenvalue weighted by molar-refractivity contribution is 6.32. The van der Waals surface area contributed by atoms with Crippen LogP contribution in [0.3, 0.4) is 0 Å². The third-order valence-corrected chi connectivity index (χ3v) is 4.98. The molecule has 0 aliphatic carbocycles. The summed E-state index contributed by atoms with van der Waals surface area (Å²) in [7, 11) is 1.55. The summed E-state index contributed by atoms with van der Waals surface area (Å²) in [6.45, 7) is 4.48. The minimum atomic E-state index is -0.314. The number of benzene rings is 2. The van der Waals surface area contributed by atoms with Crippen LogP contribution in [0.5, 0.6) is 5.75 Å². The van der Waals surface area contributed by atoms with Gasteiger partial charge in [-0.25, -0.2) is 4.79 Å². The fraction of sp³-hybridized carbons (Fsp3) is 0.350. The van der Waals surface area contributed by atoms with Gasteiger partial charge >= 0.3 is 6.03 Å². The van der Waals surface area contributed by atoms with Crippen LogP contribution in [0.25, 0.3) is 0 Å². The predicted octanol–water partition coefficient (Wildman–Crippen LogP) is 5.23. The van der Waals surface area contributed by atoms with Gasteiger partial charge in [-0.15, -0.1) is 0 Å². The Kier molecular flexibility index (Phi) is 5.89. The summed E-state index contributed by atoms with van der Waals surface area (Å²) in [5.41, 5.74) is 2.55. The highest BCUT2D eigenvalue weighted by Crippen LogP contribution is 2.27. The van der Waals surface area contributed by atoms with Gasteiger partial charge in [0.1, 0.15) is 5.75 Å². The fourth-order valence-corrected chi connectivity index (χ4v) is 3.32. The second-order valence-corrected chi connectivity index (χ2v) is 7.05. The Bertz CT molecular complexity index is 756. The number of anilines is 3. The van der Waals surface area contributed by atoms with E-state index >= 15 is 0 Å². The standard InChI is InChI=1S/C20H24ClN3O2/c1-14-9-11-24(12-10-14)17-6-3-15(4-7-17)22-20(25)23-16-5-8-19(26-2)18(21)13-16/h3-8,13-14H,9-12H2,1-2H3,(H2,22,23,25). The molecule has 0 radical (unpaired) electrons. The van der Waals surface area contributed by atoms with E-state index in [0.29, 0.717) is 16.5 Å². The molecule has 0 saturated carbocycles. The molecule has 1 aliphatic rings. The van der Waals surface area contributed by atoms with E-state index in [1.165, 1.54) is 18.5 Å². The third-order valence-electron chi connectivity index (χ3n) is 4.68. The number of hydrogen-bond acceptors (Lipinski definition) is 3. The van der Waals surface area contributed by atoms with Crippen molar-refractivity contribution >= 4 is 34.7 Å². The van der Waals surface area contributed by atoms with Crippen molar-refractivity contribution < 1.29 is 9.53 Å². The lowest BCUT2D eigenvalue weighted by molar-refractivity contribution is 0.262. The zero-order chi connectivity index (χ0) is 18.5.